The van der Waals surface area contributed by atoms with Crippen molar-refractivity contribution in [3.63, 3.8) is 0 Å². The Bertz CT molecular complexity index is 1480. The van der Waals surface area contributed by atoms with Gasteiger partial charge in [0.1, 0.15) is 18.3 Å². The quantitative estimate of drug-likeness (QED) is 0.297. The van der Waals surface area contributed by atoms with Gasteiger partial charge < -0.3 is 24.4 Å². The van der Waals surface area contributed by atoms with Gasteiger partial charge in [0.15, 0.2) is 11.5 Å². The van der Waals surface area contributed by atoms with Crippen molar-refractivity contribution in [3.05, 3.63) is 77.9 Å². The lowest BCUT2D eigenvalue weighted by atomic mass is 10.1. The molecule has 0 aromatic heterocycles. The van der Waals surface area contributed by atoms with Crippen molar-refractivity contribution in [2.75, 3.05) is 38.7 Å². The average molecular weight is 598 g/mol. The number of carbonyl (C=O) groups excluding carboxylic acids is 2. The van der Waals surface area contributed by atoms with E-state index in [2.05, 4.69) is 5.32 Å². The van der Waals surface area contributed by atoms with Gasteiger partial charge in [0.25, 0.3) is 10.0 Å². The van der Waals surface area contributed by atoms with Crippen LogP contribution in [0, 0.1) is 6.92 Å². The Kier molecular flexibility index (Phi) is 11.2. The molecule has 0 fully saturated rings. The largest absolute Gasteiger partial charge is 0.497 e. The van der Waals surface area contributed by atoms with Crippen LogP contribution in [0.1, 0.15) is 31.4 Å². The number of aryl methyl sites for hydroxylation is 1. The van der Waals surface area contributed by atoms with Crippen molar-refractivity contribution in [3.8, 4) is 17.2 Å². The Balaban J connectivity index is 2.06. The third-order valence-electron chi connectivity index (χ3n) is 6.75. The first kappa shape index (κ1) is 32.3. The molecule has 0 spiro atoms. The molecule has 42 heavy (non-hydrogen) atoms. The van der Waals surface area contributed by atoms with Crippen LogP contribution >= 0.6 is 0 Å². The van der Waals surface area contributed by atoms with Crippen LogP contribution in [0.2, 0.25) is 0 Å². The molecule has 0 radical (unpaired) electrons. The number of nitrogens with zero attached hydrogens (tertiary/aromatic N) is 2. The average Bonchev–Trinajstić information content (AvgIpc) is 3.00. The maximum atomic E-state index is 14.1. The van der Waals surface area contributed by atoms with Gasteiger partial charge in [0.2, 0.25) is 11.8 Å². The van der Waals surface area contributed by atoms with E-state index >= 15 is 0 Å². The summed E-state index contributed by atoms with van der Waals surface area (Å²) in [5, 5.41) is 2.83. The van der Waals surface area contributed by atoms with Crippen LogP contribution in [-0.2, 0) is 26.2 Å². The normalized spacial score (nSPS) is 11.8. The summed E-state index contributed by atoms with van der Waals surface area (Å²) in [5.74, 6) is 0.306. The second kappa shape index (κ2) is 14.6. The highest BCUT2D eigenvalue weighted by Gasteiger charge is 2.33. The zero-order valence-electron chi connectivity index (χ0n) is 24.9. The molecule has 0 aliphatic carbocycles. The van der Waals surface area contributed by atoms with Crippen molar-refractivity contribution >= 4 is 27.5 Å². The number of sulfonamides is 1. The lowest BCUT2D eigenvalue weighted by Crippen LogP contribution is -2.51. The fourth-order valence-corrected chi connectivity index (χ4v) is 5.72. The van der Waals surface area contributed by atoms with Gasteiger partial charge in [0, 0.05) is 19.2 Å². The Morgan fingerprint density at radius 1 is 0.905 bits per heavy atom. The molecule has 0 bridgehead atoms. The molecule has 1 N–H and O–H groups in total. The third-order valence-corrected chi connectivity index (χ3v) is 8.52. The van der Waals surface area contributed by atoms with Gasteiger partial charge in [-0.2, -0.15) is 0 Å². The van der Waals surface area contributed by atoms with E-state index in [1.165, 1.54) is 37.3 Å². The molecular formula is C31H39N3O7S. The van der Waals surface area contributed by atoms with Gasteiger partial charge >= 0.3 is 0 Å². The zero-order chi connectivity index (χ0) is 30.9. The minimum atomic E-state index is -4.27. The summed E-state index contributed by atoms with van der Waals surface area (Å²) in [7, 11) is 0.146. The Morgan fingerprint density at radius 2 is 1.60 bits per heavy atom. The molecule has 2 amide bonds. The number of hydrogen-bond acceptors (Lipinski definition) is 7. The first-order chi connectivity index (χ1) is 20.0. The van der Waals surface area contributed by atoms with E-state index in [1.807, 2.05) is 19.9 Å². The number of rotatable bonds is 14. The standard InChI is InChI=1S/C31H39N3O7S/c1-7-17-32-31(36)23(3)33(20-24-9-8-10-26(18-24)39-4)30(35)21-34(25-13-11-22(2)12-14-25)42(37,38)27-15-16-28(40-5)29(19-27)41-6/h8-16,18-19,23H,7,17,20-21H2,1-6H3,(H,32,36)/t23-/m1/s1. The van der Waals surface area contributed by atoms with Crippen molar-refractivity contribution in [1.29, 1.82) is 0 Å². The molecule has 0 saturated carbocycles. The molecule has 0 aliphatic rings. The molecule has 3 rings (SSSR count). The summed E-state index contributed by atoms with van der Waals surface area (Å²) in [5.41, 5.74) is 1.95. The topological polar surface area (TPSA) is 114 Å². The summed E-state index contributed by atoms with van der Waals surface area (Å²) in [6.07, 6.45) is 0.729. The second-order valence-electron chi connectivity index (χ2n) is 9.70. The zero-order valence-corrected chi connectivity index (χ0v) is 25.7. The van der Waals surface area contributed by atoms with Crippen LogP contribution in [0.3, 0.4) is 0 Å². The summed E-state index contributed by atoms with van der Waals surface area (Å²) in [6.45, 7) is 5.41. The maximum Gasteiger partial charge on any atom is 0.264 e. The van der Waals surface area contributed by atoms with Crippen LogP contribution < -0.4 is 23.8 Å². The molecule has 226 valence electrons. The van der Waals surface area contributed by atoms with E-state index in [0.717, 1.165) is 21.9 Å². The van der Waals surface area contributed by atoms with Crippen molar-refractivity contribution in [1.82, 2.24) is 10.2 Å². The minimum Gasteiger partial charge on any atom is -0.497 e. The lowest BCUT2D eigenvalue weighted by molar-refractivity contribution is -0.139. The lowest BCUT2D eigenvalue weighted by Gasteiger charge is -2.32. The second-order valence-corrected chi connectivity index (χ2v) is 11.6. The number of benzene rings is 3. The molecule has 3 aromatic rings. The maximum absolute atomic E-state index is 14.1. The first-order valence-corrected chi connectivity index (χ1v) is 15.0. The van der Waals surface area contributed by atoms with Gasteiger partial charge in [-0.25, -0.2) is 8.42 Å². The molecular weight excluding hydrogens is 558 g/mol. The van der Waals surface area contributed by atoms with E-state index in [4.69, 9.17) is 14.2 Å². The molecule has 10 nitrogen and oxygen atoms in total. The van der Waals surface area contributed by atoms with E-state index in [9.17, 15) is 18.0 Å². The Hall–Kier alpha value is -4.25. The number of methoxy groups -OCH3 is 3. The van der Waals surface area contributed by atoms with Gasteiger partial charge in [-0.15, -0.1) is 0 Å². The van der Waals surface area contributed by atoms with Gasteiger partial charge in [-0.3, -0.25) is 13.9 Å². The third kappa shape index (κ3) is 7.73. The highest BCUT2D eigenvalue weighted by Crippen LogP contribution is 2.32. The molecule has 3 aromatic carbocycles. The number of carbonyl (C=O) groups is 2. The highest BCUT2D eigenvalue weighted by molar-refractivity contribution is 7.92. The van der Waals surface area contributed by atoms with Crippen LogP contribution in [0.15, 0.2) is 71.6 Å². The van der Waals surface area contributed by atoms with E-state index in [-0.39, 0.29) is 23.1 Å². The summed E-state index contributed by atoms with van der Waals surface area (Å²) in [6, 6.07) is 17.4. The summed E-state index contributed by atoms with van der Waals surface area (Å²) >= 11 is 0. The predicted octanol–water partition coefficient (Wildman–Crippen LogP) is 4.16. The first-order valence-electron chi connectivity index (χ1n) is 13.6. The number of ether oxygens (including phenoxy) is 3. The minimum absolute atomic E-state index is 0.0644. The van der Waals surface area contributed by atoms with Crippen molar-refractivity contribution in [2.24, 2.45) is 0 Å². The molecule has 0 unspecified atom stereocenters. The van der Waals surface area contributed by atoms with Gasteiger partial charge in [-0.05, 0) is 62.2 Å². The number of anilines is 1. The Labute approximate surface area is 248 Å². The van der Waals surface area contributed by atoms with Crippen LogP contribution in [-0.4, -0.2) is 65.6 Å². The van der Waals surface area contributed by atoms with Gasteiger partial charge in [-0.1, -0.05) is 36.8 Å². The molecule has 0 saturated heterocycles. The monoisotopic (exact) mass is 597 g/mol. The number of nitrogens with one attached hydrogen (secondary N) is 1. The van der Waals surface area contributed by atoms with Crippen molar-refractivity contribution in [2.45, 2.75) is 44.7 Å². The summed E-state index contributed by atoms with van der Waals surface area (Å²) in [4.78, 5) is 28.4. The summed E-state index contributed by atoms with van der Waals surface area (Å²) < 4.78 is 45.2. The highest BCUT2D eigenvalue weighted by atomic mass is 32.2. The van der Waals surface area contributed by atoms with Gasteiger partial charge in [0.05, 0.1) is 31.9 Å². The SMILES string of the molecule is CCCNC(=O)[C@@H](C)N(Cc1cccc(OC)c1)C(=O)CN(c1ccc(C)cc1)S(=O)(=O)c1ccc(OC)c(OC)c1. The fraction of sp³-hybridized carbons (Fsp3) is 0.355. The fourth-order valence-electron chi connectivity index (χ4n) is 4.29. The molecule has 0 aliphatic heterocycles. The van der Waals surface area contributed by atoms with E-state index in [0.29, 0.717) is 23.7 Å². The van der Waals surface area contributed by atoms with Crippen LogP contribution in [0.4, 0.5) is 5.69 Å². The van der Waals surface area contributed by atoms with Crippen LogP contribution in [0.25, 0.3) is 0 Å². The van der Waals surface area contributed by atoms with E-state index in [1.54, 1.807) is 56.5 Å². The van der Waals surface area contributed by atoms with E-state index < -0.39 is 28.5 Å². The predicted molar refractivity (Wildman–Crippen MR) is 162 cm³/mol. The Morgan fingerprint density at radius 3 is 2.21 bits per heavy atom. The van der Waals surface area contributed by atoms with Crippen LogP contribution in [0.5, 0.6) is 17.2 Å². The molecule has 0 heterocycles. The molecule has 1 atom stereocenters. The van der Waals surface area contributed by atoms with Crippen molar-refractivity contribution < 1.29 is 32.2 Å². The number of hydrogen-bond donors (Lipinski definition) is 1. The molecule has 11 heteroatoms. The smallest absolute Gasteiger partial charge is 0.264 e. The number of amides is 2.